The minimum atomic E-state index is -0.651. The van der Waals surface area contributed by atoms with Crippen LogP contribution in [0.3, 0.4) is 0 Å². The molecule has 0 bridgehead atoms. The zero-order valence-corrected chi connectivity index (χ0v) is 15.2. The Bertz CT molecular complexity index is 799. The molecule has 1 N–H and O–H groups in total. The summed E-state index contributed by atoms with van der Waals surface area (Å²) in [6, 6.07) is 12.5. The van der Waals surface area contributed by atoms with Crippen molar-refractivity contribution in [1.29, 1.82) is 0 Å². The number of hydrogen-bond acceptors (Lipinski definition) is 4. The molecule has 1 unspecified atom stereocenters. The van der Waals surface area contributed by atoms with Crippen molar-refractivity contribution in [2.75, 3.05) is 5.32 Å². The fourth-order valence-electron chi connectivity index (χ4n) is 2.92. The van der Waals surface area contributed by atoms with Gasteiger partial charge in [-0.3, -0.25) is 9.69 Å². The number of benzene rings is 1. The summed E-state index contributed by atoms with van der Waals surface area (Å²) in [7, 11) is 0. The molecule has 2 heterocycles. The van der Waals surface area contributed by atoms with Gasteiger partial charge in [-0.1, -0.05) is 30.3 Å². The SMILES string of the molecule is CC(C)(C)OC(=O)N1Cc2ccccc2CC1C(=O)Nc1ccccn1. The van der Waals surface area contributed by atoms with Gasteiger partial charge in [0.05, 0.1) is 6.54 Å². The monoisotopic (exact) mass is 353 g/mol. The minimum absolute atomic E-state index is 0.274. The summed E-state index contributed by atoms with van der Waals surface area (Å²) in [5.74, 6) is 0.185. The van der Waals surface area contributed by atoms with Crippen LogP contribution >= 0.6 is 0 Å². The molecule has 0 radical (unpaired) electrons. The Hall–Kier alpha value is -2.89. The standard InChI is InChI=1S/C20H23N3O3/c1-20(2,3)26-19(25)23-13-15-9-5-4-8-14(15)12-16(23)18(24)22-17-10-6-7-11-21-17/h4-11,16H,12-13H2,1-3H3,(H,21,22,24). The largest absolute Gasteiger partial charge is 0.444 e. The summed E-state index contributed by atoms with van der Waals surface area (Å²) in [5, 5.41) is 2.79. The van der Waals surface area contributed by atoms with Crippen LogP contribution in [-0.4, -0.2) is 33.5 Å². The Kier molecular flexibility index (Phi) is 4.93. The summed E-state index contributed by atoms with van der Waals surface area (Å²) in [4.78, 5) is 31.2. The van der Waals surface area contributed by atoms with Crippen LogP contribution in [0.4, 0.5) is 10.6 Å². The van der Waals surface area contributed by atoms with Crippen LogP contribution in [0.1, 0.15) is 31.9 Å². The van der Waals surface area contributed by atoms with Crippen molar-refractivity contribution in [2.24, 2.45) is 0 Å². The Morgan fingerprint density at radius 1 is 1.12 bits per heavy atom. The molecule has 0 fully saturated rings. The number of pyridine rings is 1. The van der Waals surface area contributed by atoms with Crippen molar-refractivity contribution in [2.45, 2.75) is 45.4 Å². The van der Waals surface area contributed by atoms with Crippen LogP contribution in [0.5, 0.6) is 0 Å². The lowest BCUT2D eigenvalue weighted by Crippen LogP contribution is -2.52. The first kappa shape index (κ1) is 17.9. The van der Waals surface area contributed by atoms with Crippen molar-refractivity contribution in [1.82, 2.24) is 9.88 Å². The number of hydrogen-bond donors (Lipinski definition) is 1. The molecule has 0 spiro atoms. The third-order valence-corrected chi connectivity index (χ3v) is 4.10. The van der Waals surface area contributed by atoms with E-state index < -0.39 is 17.7 Å². The Labute approximate surface area is 153 Å². The van der Waals surface area contributed by atoms with Crippen LogP contribution in [-0.2, 0) is 22.5 Å². The van der Waals surface area contributed by atoms with Crippen molar-refractivity contribution < 1.29 is 14.3 Å². The van der Waals surface area contributed by atoms with E-state index in [-0.39, 0.29) is 5.91 Å². The number of nitrogens with zero attached hydrogens (tertiary/aromatic N) is 2. The highest BCUT2D eigenvalue weighted by Crippen LogP contribution is 2.26. The van der Waals surface area contributed by atoms with E-state index in [2.05, 4.69) is 10.3 Å². The molecule has 2 aromatic rings. The maximum absolute atomic E-state index is 12.9. The van der Waals surface area contributed by atoms with Crippen LogP contribution in [0.15, 0.2) is 48.7 Å². The van der Waals surface area contributed by atoms with Gasteiger partial charge in [0.1, 0.15) is 17.5 Å². The predicted octanol–water partition coefficient (Wildman–Crippen LogP) is 3.38. The maximum atomic E-state index is 12.9. The first-order valence-corrected chi connectivity index (χ1v) is 8.62. The smallest absolute Gasteiger partial charge is 0.411 e. The van der Waals surface area contributed by atoms with Gasteiger partial charge in [-0.15, -0.1) is 0 Å². The second-order valence-electron chi connectivity index (χ2n) is 7.30. The molecule has 1 atom stereocenters. The molecule has 1 aromatic carbocycles. The van der Waals surface area contributed by atoms with Gasteiger partial charge in [0.15, 0.2) is 0 Å². The van der Waals surface area contributed by atoms with E-state index in [1.807, 2.05) is 45.0 Å². The predicted molar refractivity (Wildman–Crippen MR) is 98.6 cm³/mol. The number of anilines is 1. The molecule has 0 aliphatic carbocycles. The van der Waals surface area contributed by atoms with E-state index in [0.717, 1.165) is 11.1 Å². The zero-order valence-electron chi connectivity index (χ0n) is 15.2. The fraction of sp³-hybridized carbons (Fsp3) is 0.350. The van der Waals surface area contributed by atoms with E-state index in [1.165, 1.54) is 4.90 Å². The summed E-state index contributed by atoms with van der Waals surface area (Å²) >= 11 is 0. The van der Waals surface area contributed by atoms with E-state index in [1.54, 1.807) is 24.4 Å². The Morgan fingerprint density at radius 2 is 1.81 bits per heavy atom. The second kappa shape index (κ2) is 7.15. The van der Waals surface area contributed by atoms with E-state index in [0.29, 0.717) is 18.8 Å². The number of amides is 2. The second-order valence-corrected chi connectivity index (χ2v) is 7.30. The molecule has 0 saturated heterocycles. The van der Waals surface area contributed by atoms with Crippen molar-refractivity contribution >= 4 is 17.8 Å². The van der Waals surface area contributed by atoms with Gasteiger partial charge < -0.3 is 10.1 Å². The van der Waals surface area contributed by atoms with Gasteiger partial charge in [-0.2, -0.15) is 0 Å². The van der Waals surface area contributed by atoms with E-state index >= 15 is 0 Å². The van der Waals surface area contributed by atoms with E-state index in [4.69, 9.17) is 4.74 Å². The highest BCUT2D eigenvalue weighted by Gasteiger charge is 2.37. The van der Waals surface area contributed by atoms with E-state index in [9.17, 15) is 9.59 Å². The number of ether oxygens (including phenoxy) is 1. The molecule has 6 nitrogen and oxygen atoms in total. The highest BCUT2D eigenvalue weighted by molar-refractivity contribution is 5.96. The average molecular weight is 353 g/mol. The quantitative estimate of drug-likeness (QED) is 0.898. The fourth-order valence-corrected chi connectivity index (χ4v) is 2.92. The third kappa shape index (κ3) is 4.20. The molecule has 136 valence electrons. The lowest BCUT2D eigenvalue weighted by Gasteiger charge is -2.36. The Balaban J connectivity index is 1.86. The average Bonchev–Trinajstić information content (AvgIpc) is 2.60. The third-order valence-electron chi connectivity index (χ3n) is 4.10. The normalized spacial score (nSPS) is 16.6. The summed E-state index contributed by atoms with van der Waals surface area (Å²) < 4.78 is 5.51. The number of fused-ring (bicyclic) bond motifs is 1. The molecule has 0 saturated carbocycles. The first-order chi connectivity index (χ1) is 12.3. The highest BCUT2D eigenvalue weighted by atomic mass is 16.6. The number of carbonyl (C=O) groups is 2. The van der Waals surface area contributed by atoms with Crippen LogP contribution < -0.4 is 5.32 Å². The Morgan fingerprint density at radius 3 is 2.46 bits per heavy atom. The first-order valence-electron chi connectivity index (χ1n) is 8.62. The minimum Gasteiger partial charge on any atom is -0.444 e. The number of nitrogens with one attached hydrogen (secondary N) is 1. The van der Waals surface area contributed by atoms with Crippen molar-refractivity contribution in [3.05, 3.63) is 59.8 Å². The lowest BCUT2D eigenvalue weighted by atomic mass is 9.94. The van der Waals surface area contributed by atoms with Crippen molar-refractivity contribution in [3.63, 3.8) is 0 Å². The van der Waals surface area contributed by atoms with Crippen LogP contribution in [0.25, 0.3) is 0 Å². The topological polar surface area (TPSA) is 71.5 Å². The van der Waals surface area contributed by atoms with Crippen LogP contribution in [0.2, 0.25) is 0 Å². The van der Waals surface area contributed by atoms with Crippen LogP contribution in [0, 0.1) is 0 Å². The summed E-state index contributed by atoms with van der Waals surface area (Å²) in [6.07, 6.45) is 1.55. The zero-order chi connectivity index (χ0) is 18.7. The molecule has 26 heavy (non-hydrogen) atoms. The molecule has 1 aliphatic rings. The molecule has 3 rings (SSSR count). The van der Waals surface area contributed by atoms with Crippen molar-refractivity contribution in [3.8, 4) is 0 Å². The number of carbonyl (C=O) groups excluding carboxylic acids is 2. The molecule has 1 aromatic heterocycles. The number of aromatic nitrogens is 1. The molecule has 2 amide bonds. The summed E-state index contributed by atoms with van der Waals surface area (Å²) in [6.45, 7) is 5.77. The summed E-state index contributed by atoms with van der Waals surface area (Å²) in [5.41, 5.74) is 1.46. The van der Waals surface area contributed by atoms with Gasteiger partial charge in [0.25, 0.3) is 0 Å². The number of rotatable bonds is 2. The van der Waals surface area contributed by atoms with Gasteiger partial charge in [-0.25, -0.2) is 9.78 Å². The van der Waals surface area contributed by atoms with Gasteiger partial charge >= 0.3 is 6.09 Å². The van der Waals surface area contributed by atoms with Gasteiger partial charge in [0, 0.05) is 12.6 Å². The maximum Gasteiger partial charge on any atom is 0.411 e. The molecule has 1 aliphatic heterocycles. The molecular formula is C20H23N3O3. The van der Waals surface area contributed by atoms with Gasteiger partial charge in [0.2, 0.25) is 5.91 Å². The lowest BCUT2D eigenvalue weighted by molar-refractivity contribution is -0.121. The molecular weight excluding hydrogens is 330 g/mol. The van der Waals surface area contributed by atoms with Gasteiger partial charge in [-0.05, 0) is 44.0 Å². The molecule has 6 heteroatoms.